The van der Waals surface area contributed by atoms with Gasteiger partial charge in [-0.3, -0.25) is 4.79 Å². The van der Waals surface area contributed by atoms with E-state index in [2.05, 4.69) is 37.2 Å². The van der Waals surface area contributed by atoms with Crippen molar-refractivity contribution in [2.24, 2.45) is 5.92 Å². The van der Waals surface area contributed by atoms with Crippen LogP contribution in [-0.4, -0.2) is 36.6 Å². The number of nitrogens with one attached hydrogen (secondary N) is 1. The standard InChI is InChI=1S/C15H18Br2N2O3/c1-2-22-15(21)19-7-3-4-10(9-19)14(20)18-13-8-11(16)5-6-12(13)17/h5-6,8,10H,2-4,7,9H2,1H3,(H,18,20). The highest BCUT2D eigenvalue weighted by Crippen LogP contribution is 2.27. The summed E-state index contributed by atoms with van der Waals surface area (Å²) in [7, 11) is 0. The molecule has 0 saturated carbocycles. The number of halogens is 2. The van der Waals surface area contributed by atoms with E-state index in [1.54, 1.807) is 11.8 Å². The molecule has 0 aromatic heterocycles. The maximum atomic E-state index is 12.4. The quantitative estimate of drug-likeness (QED) is 0.783. The first-order valence-corrected chi connectivity index (χ1v) is 8.77. The predicted molar refractivity (Wildman–Crippen MR) is 91.8 cm³/mol. The van der Waals surface area contributed by atoms with E-state index in [0.717, 1.165) is 21.8 Å². The summed E-state index contributed by atoms with van der Waals surface area (Å²) < 4.78 is 6.72. The van der Waals surface area contributed by atoms with Crippen LogP contribution in [0.5, 0.6) is 0 Å². The third kappa shape index (κ3) is 4.46. The Morgan fingerprint density at radius 2 is 2.18 bits per heavy atom. The van der Waals surface area contributed by atoms with Crippen molar-refractivity contribution >= 4 is 49.5 Å². The molecule has 0 radical (unpaired) electrons. The number of piperidine rings is 1. The molecule has 0 bridgehead atoms. The molecule has 1 heterocycles. The number of amides is 2. The first-order valence-electron chi connectivity index (χ1n) is 7.19. The van der Waals surface area contributed by atoms with Crippen molar-refractivity contribution in [2.75, 3.05) is 25.0 Å². The zero-order valence-electron chi connectivity index (χ0n) is 12.3. The van der Waals surface area contributed by atoms with E-state index in [-0.39, 0.29) is 17.9 Å². The van der Waals surface area contributed by atoms with Crippen LogP contribution in [0.3, 0.4) is 0 Å². The summed E-state index contributed by atoms with van der Waals surface area (Å²) >= 11 is 6.81. The molecule has 120 valence electrons. The highest BCUT2D eigenvalue weighted by molar-refractivity contribution is 9.11. The zero-order chi connectivity index (χ0) is 16.1. The van der Waals surface area contributed by atoms with E-state index in [0.29, 0.717) is 25.4 Å². The first-order chi connectivity index (χ1) is 10.5. The van der Waals surface area contributed by atoms with Crippen molar-refractivity contribution in [1.29, 1.82) is 0 Å². The van der Waals surface area contributed by atoms with Gasteiger partial charge in [-0.15, -0.1) is 0 Å². The highest BCUT2D eigenvalue weighted by Gasteiger charge is 2.29. The zero-order valence-corrected chi connectivity index (χ0v) is 15.4. The Bertz CT molecular complexity index is 566. The molecule has 1 N–H and O–H groups in total. The predicted octanol–water partition coefficient (Wildman–Crippen LogP) is 4.02. The average molecular weight is 434 g/mol. The second-order valence-corrected chi connectivity index (χ2v) is 6.87. The fourth-order valence-electron chi connectivity index (χ4n) is 2.40. The molecule has 5 nitrogen and oxygen atoms in total. The summed E-state index contributed by atoms with van der Waals surface area (Å²) in [5, 5.41) is 2.92. The van der Waals surface area contributed by atoms with Crippen molar-refractivity contribution in [3.05, 3.63) is 27.1 Å². The van der Waals surface area contributed by atoms with Gasteiger partial charge >= 0.3 is 6.09 Å². The summed E-state index contributed by atoms with van der Waals surface area (Å²) in [6.07, 6.45) is 1.23. The van der Waals surface area contributed by atoms with Crippen molar-refractivity contribution in [3.63, 3.8) is 0 Å². The van der Waals surface area contributed by atoms with Gasteiger partial charge in [0, 0.05) is 22.0 Å². The summed E-state index contributed by atoms with van der Waals surface area (Å²) in [5.41, 5.74) is 0.715. The second-order valence-electron chi connectivity index (χ2n) is 5.10. The fourth-order valence-corrected chi connectivity index (χ4v) is 3.11. The second kappa shape index (κ2) is 7.97. The molecular formula is C15H18Br2N2O3. The molecule has 1 saturated heterocycles. The van der Waals surface area contributed by atoms with Gasteiger partial charge in [0.1, 0.15) is 0 Å². The van der Waals surface area contributed by atoms with Crippen LogP contribution in [-0.2, 0) is 9.53 Å². The Labute approximate surface area is 146 Å². The van der Waals surface area contributed by atoms with Gasteiger partial charge in [0.15, 0.2) is 0 Å². The van der Waals surface area contributed by atoms with E-state index in [1.165, 1.54) is 0 Å². The van der Waals surface area contributed by atoms with Crippen molar-refractivity contribution in [2.45, 2.75) is 19.8 Å². The minimum atomic E-state index is -0.344. The lowest BCUT2D eigenvalue weighted by Crippen LogP contribution is -2.44. The molecule has 1 aromatic carbocycles. The molecule has 0 aliphatic carbocycles. The molecule has 1 fully saturated rings. The number of anilines is 1. The average Bonchev–Trinajstić information content (AvgIpc) is 2.51. The maximum Gasteiger partial charge on any atom is 0.409 e. The number of benzene rings is 1. The number of hydrogen-bond acceptors (Lipinski definition) is 3. The smallest absolute Gasteiger partial charge is 0.409 e. The van der Waals surface area contributed by atoms with E-state index in [1.807, 2.05) is 18.2 Å². The fraction of sp³-hybridized carbons (Fsp3) is 0.467. The number of carbonyl (C=O) groups is 2. The molecule has 7 heteroatoms. The lowest BCUT2D eigenvalue weighted by atomic mass is 9.97. The topological polar surface area (TPSA) is 58.6 Å². The summed E-state index contributed by atoms with van der Waals surface area (Å²) in [4.78, 5) is 25.8. The van der Waals surface area contributed by atoms with Gasteiger partial charge in [-0.05, 0) is 53.9 Å². The number of nitrogens with zero attached hydrogens (tertiary/aromatic N) is 1. The maximum absolute atomic E-state index is 12.4. The number of carbonyl (C=O) groups excluding carboxylic acids is 2. The molecule has 0 spiro atoms. The van der Waals surface area contributed by atoms with Gasteiger partial charge in [0.2, 0.25) is 5.91 Å². The van der Waals surface area contributed by atoms with Crippen LogP contribution in [0.2, 0.25) is 0 Å². The van der Waals surface area contributed by atoms with Crippen LogP contribution in [0, 0.1) is 5.92 Å². The summed E-state index contributed by atoms with van der Waals surface area (Å²) in [6.45, 7) is 3.16. The monoisotopic (exact) mass is 432 g/mol. The normalized spacial score (nSPS) is 18.0. The van der Waals surface area contributed by atoms with Gasteiger partial charge in [-0.2, -0.15) is 0 Å². The molecule has 1 unspecified atom stereocenters. The van der Waals surface area contributed by atoms with Crippen LogP contribution in [0.15, 0.2) is 27.1 Å². The van der Waals surface area contributed by atoms with E-state index in [9.17, 15) is 9.59 Å². The molecule has 2 amide bonds. The number of likely N-dealkylation sites (tertiary alicyclic amines) is 1. The van der Waals surface area contributed by atoms with Crippen LogP contribution in [0.25, 0.3) is 0 Å². The highest BCUT2D eigenvalue weighted by atomic mass is 79.9. The molecule has 1 aliphatic rings. The Balaban J connectivity index is 2.00. The number of hydrogen-bond donors (Lipinski definition) is 1. The SMILES string of the molecule is CCOC(=O)N1CCCC(C(=O)Nc2cc(Br)ccc2Br)C1. The minimum absolute atomic E-state index is 0.0761. The van der Waals surface area contributed by atoms with E-state index >= 15 is 0 Å². The molecule has 1 aromatic rings. The number of ether oxygens (including phenoxy) is 1. The molecule has 1 aliphatic heterocycles. The molecule has 22 heavy (non-hydrogen) atoms. The van der Waals surface area contributed by atoms with Crippen LogP contribution < -0.4 is 5.32 Å². The Hall–Kier alpha value is -1.08. The summed E-state index contributed by atoms with van der Waals surface area (Å²) in [6, 6.07) is 5.60. The molecule has 2 rings (SSSR count). The van der Waals surface area contributed by atoms with Gasteiger partial charge in [0.25, 0.3) is 0 Å². The Morgan fingerprint density at radius 1 is 1.41 bits per heavy atom. The van der Waals surface area contributed by atoms with Crippen LogP contribution in [0.1, 0.15) is 19.8 Å². The lowest BCUT2D eigenvalue weighted by Gasteiger charge is -2.31. The largest absolute Gasteiger partial charge is 0.450 e. The van der Waals surface area contributed by atoms with Gasteiger partial charge in [-0.1, -0.05) is 15.9 Å². The lowest BCUT2D eigenvalue weighted by molar-refractivity contribution is -0.121. The van der Waals surface area contributed by atoms with Crippen LogP contribution >= 0.6 is 31.9 Å². The third-order valence-electron chi connectivity index (χ3n) is 3.50. The summed E-state index contributed by atoms with van der Waals surface area (Å²) in [5.74, 6) is -0.295. The van der Waals surface area contributed by atoms with Crippen molar-refractivity contribution < 1.29 is 14.3 Å². The van der Waals surface area contributed by atoms with Crippen molar-refractivity contribution in [3.8, 4) is 0 Å². The Kier molecular flexibility index (Phi) is 6.26. The van der Waals surface area contributed by atoms with Gasteiger partial charge in [0.05, 0.1) is 18.2 Å². The van der Waals surface area contributed by atoms with Crippen molar-refractivity contribution in [1.82, 2.24) is 4.90 Å². The minimum Gasteiger partial charge on any atom is -0.450 e. The first kappa shape index (κ1) is 17.3. The number of rotatable bonds is 3. The molecular weight excluding hydrogens is 416 g/mol. The van der Waals surface area contributed by atoms with E-state index < -0.39 is 0 Å². The van der Waals surface area contributed by atoms with E-state index in [4.69, 9.17) is 4.74 Å². The van der Waals surface area contributed by atoms with Crippen LogP contribution in [0.4, 0.5) is 10.5 Å². The van der Waals surface area contributed by atoms with Gasteiger partial charge in [-0.25, -0.2) is 4.79 Å². The van der Waals surface area contributed by atoms with Gasteiger partial charge < -0.3 is 15.0 Å². The third-order valence-corrected chi connectivity index (χ3v) is 4.69. The molecule has 1 atom stereocenters. The Morgan fingerprint density at radius 3 is 2.91 bits per heavy atom.